The second-order valence-corrected chi connectivity index (χ2v) is 9.33. The number of hydrogen-bond donors (Lipinski definition) is 2. The van der Waals surface area contributed by atoms with Crippen molar-refractivity contribution in [1.29, 1.82) is 0 Å². The van der Waals surface area contributed by atoms with Crippen molar-refractivity contribution in [2.24, 2.45) is 0 Å². The maximum absolute atomic E-state index is 13.2. The van der Waals surface area contributed by atoms with Gasteiger partial charge in [-0.15, -0.1) is 0 Å². The van der Waals surface area contributed by atoms with Crippen LogP contribution in [0, 0.1) is 0 Å². The van der Waals surface area contributed by atoms with Crippen molar-refractivity contribution in [2.75, 3.05) is 6.54 Å². The minimum Gasteiger partial charge on any atom is -0.289 e. The summed E-state index contributed by atoms with van der Waals surface area (Å²) >= 11 is 0. The van der Waals surface area contributed by atoms with Gasteiger partial charge in [-0.25, -0.2) is 13.9 Å². The Balaban J connectivity index is 2.29. The maximum atomic E-state index is 13.2. The topological polar surface area (TPSA) is 86.7 Å². The highest BCUT2D eigenvalue weighted by Crippen LogP contribution is 2.29. The summed E-state index contributed by atoms with van der Waals surface area (Å²) in [6.07, 6.45) is -4.47. The van der Waals surface area contributed by atoms with Gasteiger partial charge in [0.1, 0.15) is 0 Å². The highest BCUT2D eigenvalue weighted by molar-refractivity contribution is 7.89. The Morgan fingerprint density at radius 3 is 2.13 bits per heavy atom. The van der Waals surface area contributed by atoms with Crippen LogP contribution in [0.5, 0.6) is 0 Å². The van der Waals surface area contributed by atoms with E-state index in [-0.39, 0.29) is 36.7 Å². The van der Waals surface area contributed by atoms with Crippen LogP contribution in [0.4, 0.5) is 13.2 Å². The zero-order valence-electron chi connectivity index (χ0n) is 17.2. The van der Waals surface area contributed by atoms with E-state index in [9.17, 15) is 26.4 Å². The molecule has 1 amide bonds. The Kier molecular flexibility index (Phi) is 8.21. The molecule has 0 spiro atoms. The van der Waals surface area contributed by atoms with Crippen molar-refractivity contribution >= 4 is 15.9 Å². The number of nitrogens with zero attached hydrogens (tertiary/aromatic N) is 1. The van der Waals surface area contributed by atoms with E-state index in [4.69, 9.17) is 5.21 Å². The predicted molar refractivity (Wildman–Crippen MR) is 109 cm³/mol. The third-order valence-corrected chi connectivity index (χ3v) is 6.62. The van der Waals surface area contributed by atoms with Gasteiger partial charge in [0.25, 0.3) is 0 Å². The molecule has 0 aliphatic heterocycles. The number of hydrogen-bond acceptors (Lipinski definition) is 4. The molecule has 0 aliphatic carbocycles. The maximum Gasteiger partial charge on any atom is 0.416 e. The molecule has 2 aromatic rings. The number of alkyl halides is 3. The molecule has 170 valence electrons. The van der Waals surface area contributed by atoms with Crippen LogP contribution in [0.2, 0.25) is 0 Å². The molecule has 0 saturated carbocycles. The molecular formula is C21H25F3N2O4S. The molecule has 0 saturated heterocycles. The lowest BCUT2D eigenvalue weighted by molar-refractivity contribution is -0.137. The van der Waals surface area contributed by atoms with Gasteiger partial charge in [0.2, 0.25) is 15.9 Å². The van der Waals surface area contributed by atoms with Crippen LogP contribution < -0.4 is 5.48 Å². The molecule has 0 aromatic heterocycles. The molecule has 0 bridgehead atoms. The summed E-state index contributed by atoms with van der Waals surface area (Å²) in [5, 5.41) is 8.61. The first-order chi connectivity index (χ1) is 14.4. The monoisotopic (exact) mass is 458 g/mol. The van der Waals surface area contributed by atoms with Crippen LogP contribution in [0.1, 0.15) is 49.3 Å². The van der Waals surface area contributed by atoms with Gasteiger partial charge >= 0.3 is 6.18 Å². The number of nitrogens with one attached hydrogen (secondary N) is 1. The van der Waals surface area contributed by atoms with Crippen molar-refractivity contribution in [2.45, 2.75) is 50.2 Å². The van der Waals surface area contributed by atoms with Gasteiger partial charge < -0.3 is 0 Å². The predicted octanol–water partition coefficient (Wildman–Crippen LogP) is 4.31. The van der Waals surface area contributed by atoms with E-state index < -0.39 is 27.7 Å². The Morgan fingerprint density at radius 1 is 1.06 bits per heavy atom. The van der Waals surface area contributed by atoms with E-state index in [1.54, 1.807) is 12.1 Å². The van der Waals surface area contributed by atoms with Gasteiger partial charge in [-0.3, -0.25) is 10.0 Å². The molecule has 0 radical (unpaired) electrons. The summed E-state index contributed by atoms with van der Waals surface area (Å²) < 4.78 is 65.9. The van der Waals surface area contributed by atoms with Crippen LogP contribution in [-0.4, -0.2) is 30.4 Å². The van der Waals surface area contributed by atoms with Crippen molar-refractivity contribution in [3.63, 3.8) is 0 Å². The molecule has 6 nitrogen and oxygen atoms in total. The Bertz CT molecular complexity index is 973. The van der Waals surface area contributed by atoms with Crippen LogP contribution in [0.25, 0.3) is 0 Å². The van der Waals surface area contributed by atoms with Crippen molar-refractivity contribution < 1.29 is 31.6 Å². The molecule has 0 unspecified atom stereocenters. The number of halogens is 3. The van der Waals surface area contributed by atoms with Crippen LogP contribution in [0.15, 0.2) is 53.4 Å². The van der Waals surface area contributed by atoms with Crippen LogP contribution in [0.3, 0.4) is 0 Å². The van der Waals surface area contributed by atoms with Crippen LogP contribution in [-0.2, 0) is 27.5 Å². The molecule has 0 atom stereocenters. The molecule has 0 heterocycles. The van der Waals surface area contributed by atoms with Gasteiger partial charge in [0.15, 0.2) is 0 Å². The molecular weight excluding hydrogens is 433 g/mol. The number of amides is 1. The lowest BCUT2D eigenvalue weighted by Crippen LogP contribution is -2.32. The summed E-state index contributed by atoms with van der Waals surface area (Å²) in [5.74, 6) is -0.440. The van der Waals surface area contributed by atoms with Crippen molar-refractivity contribution in [3.05, 3.63) is 65.2 Å². The Hall–Kier alpha value is -2.43. The minimum atomic E-state index is -4.49. The van der Waals surface area contributed by atoms with Gasteiger partial charge in [0, 0.05) is 19.5 Å². The molecule has 2 N–H and O–H groups in total. The third-order valence-electron chi connectivity index (χ3n) is 4.76. The van der Waals surface area contributed by atoms with Gasteiger partial charge in [0.05, 0.1) is 10.5 Å². The zero-order chi connectivity index (χ0) is 23.2. The third kappa shape index (κ3) is 6.78. The molecule has 2 aromatic carbocycles. The Labute approximate surface area is 179 Å². The number of carbonyl (C=O) groups excluding carboxylic acids is 1. The van der Waals surface area contributed by atoms with E-state index >= 15 is 0 Å². The second kappa shape index (κ2) is 10.3. The average molecular weight is 459 g/mol. The Morgan fingerprint density at radius 2 is 1.65 bits per heavy atom. The lowest BCUT2D eigenvalue weighted by Gasteiger charge is -2.23. The van der Waals surface area contributed by atoms with E-state index in [2.05, 4.69) is 0 Å². The highest BCUT2D eigenvalue weighted by Gasteiger charge is 2.30. The number of carbonyl (C=O) groups is 1. The first-order valence-corrected chi connectivity index (χ1v) is 11.1. The number of benzene rings is 2. The molecule has 31 heavy (non-hydrogen) atoms. The lowest BCUT2D eigenvalue weighted by atomic mass is 10.0. The van der Waals surface area contributed by atoms with E-state index in [0.717, 1.165) is 22.0 Å². The summed E-state index contributed by atoms with van der Waals surface area (Å²) in [4.78, 5) is 11.3. The average Bonchev–Trinajstić information content (AvgIpc) is 2.72. The van der Waals surface area contributed by atoms with E-state index in [1.165, 1.54) is 29.7 Å². The van der Waals surface area contributed by atoms with Crippen molar-refractivity contribution in [1.82, 2.24) is 9.79 Å². The number of hydroxylamine groups is 1. The fraction of sp³-hybridized carbons (Fsp3) is 0.381. The second-order valence-electron chi connectivity index (χ2n) is 7.40. The smallest absolute Gasteiger partial charge is 0.289 e. The van der Waals surface area contributed by atoms with Gasteiger partial charge in [-0.05, 0) is 47.7 Å². The molecule has 0 fully saturated rings. The first-order valence-electron chi connectivity index (χ1n) is 9.64. The normalized spacial score (nSPS) is 12.4. The summed E-state index contributed by atoms with van der Waals surface area (Å²) in [6, 6.07) is 10.7. The standard InChI is InChI=1S/C21H25F3N2O4S/c1-15(2)17-7-11-19(12-8-17)31(29,30)26(13-3-4-20(27)25-28)14-16-5-9-18(10-6-16)21(22,23)24/h5-12,15,28H,3-4,13-14H2,1-2H3,(H,25,27). The molecule has 10 heteroatoms. The van der Waals surface area contributed by atoms with Gasteiger partial charge in [-0.2, -0.15) is 17.5 Å². The largest absolute Gasteiger partial charge is 0.416 e. The fourth-order valence-corrected chi connectivity index (χ4v) is 4.40. The first kappa shape index (κ1) is 24.8. The van der Waals surface area contributed by atoms with Gasteiger partial charge in [-0.1, -0.05) is 38.1 Å². The summed E-state index contributed by atoms with van der Waals surface area (Å²) in [7, 11) is -3.97. The summed E-state index contributed by atoms with van der Waals surface area (Å²) in [5.41, 5.74) is 2.00. The number of sulfonamides is 1. The molecule has 0 aliphatic rings. The van der Waals surface area contributed by atoms with Crippen LogP contribution >= 0.6 is 0 Å². The minimum absolute atomic E-state index is 0.0513. The molecule has 2 rings (SSSR count). The SMILES string of the molecule is CC(C)c1ccc(S(=O)(=O)N(CCCC(=O)NO)Cc2ccc(C(F)(F)F)cc2)cc1. The van der Waals surface area contributed by atoms with E-state index in [0.29, 0.717) is 5.56 Å². The quantitative estimate of drug-likeness (QED) is 0.433. The highest BCUT2D eigenvalue weighted by atomic mass is 32.2. The summed E-state index contributed by atoms with van der Waals surface area (Å²) in [6.45, 7) is 3.75. The van der Waals surface area contributed by atoms with Crippen molar-refractivity contribution in [3.8, 4) is 0 Å². The zero-order valence-corrected chi connectivity index (χ0v) is 18.0. The van der Waals surface area contributed by atoms with E-state index in [1.807, 2.05) is 13.8 Å². The fourth-order valence-electron chi connectivity index (χ4n) is 2.93. The number of rotatable bonds is 9.